The summed E-state index contributed by atoms with van der Waals surface area (Å²) in [4.78, 5) is 23.5. The summed E-state index contributed by atoms with van der Waals surface area (Å²) in [5.74, 6) is -0.538. The Balaban J connectivity index is 2.28. The summed E-state index contributed by atoms with van der Waals surface area (Å²) in [5.41, 5.74) is 5.24. The summed E-state index contributed by atoms with van der Waals surface area (Å²) >= 11 is 0. The molecule has 1 fully saturated rings. The largest absolute Gasteiger partial charge is 0.481 e. The van der Waals surface area contributed by atoms with E-state index in [1.165, 1.54) is 0 Å². The van der Waals surface area contributed by atoms with Crippen molar-refractivity contribution in [3.05, 3.63) is 0 Å². The molecule has 1 aliphatic heterocycles. The minimum Gasteiger partial charge on any atom is -0.481 e. The molecule has 1 amide bonds. The number of rotatable bonds is 5. The van der Waals surface area contributed by atoms with Crippen LogP contribution in [0.3, 0.4) is 0 Å². The highest BCUT2D eigenvalue weighted by atomic mass is 16.4. The summed E-state index contributed by atoms with van der Waals surface area (Å²) in [6, 6.07) is -0.208. The van der Waals surface area contributed by atoms with E-state index in [1.54, 1.807) is 0 Å². The number of nitrogens with two attached hydrogens (primary N) is 1. The lowest BCUT2D eigenvalue weighted by molar-refractivity contribution is -0.137. The maximum Gasteiger partial charge on any atom is 0.303 e. The Hall–Kier alpha value is -1.10. The molecule has 92 valence electrons. The minimum atomic E-state index is -0.729. The van der Waals surface area contributed by atoms with Crippen molar-refractivity contribution < 1.29 is 14.7 Å². The fourth-order valence-corrected chi connectivity index (χ4v) is 2.14. The lowest BCUT2D eigenvalue weighted by atomic mass is 9.91. The van der Waals surface area contributed by atoms with Crippen LogP contribution in [0.2, 0.25) is 0 Å². The van der Waals surface area contributed by atoms with Gasteiger partial charge in [-0.3, -0.25) is 14.5 Å². The van der Waals surface area contributed by atoms with Crippen LogP contribution in [0.1, 0.15) is 32.6 Å². The first-order valence-electron chi connectivity index (χ1n) is 5.76. The Labute approximate surface area is 95.6 Å². The number of carboxylic acid groups (broad SMARTS) is 1. The van der Waals surface area contributed by atoms with E-state index in [0.29, 0.717) is 5.92 Å². The van der Waals surface area contributed by atoms with Crippen LogP contribution in [0.15, 0.2) is 0 Å². The smallest absolute Gasteiger partial charge is 0.303 e. The van der Waals surface area contributed by atoms with Crippen LogP contribution < -0.4 is 5.73 Å². The van der Waals surface area contributed by atoms with Crippen molar-refractivity contribution in [2.45, 2.75) is 38.6 Å². The maximum atomic E-state index is 11.0. The van der Waals surface area contributed by atoms with Gasteiger partial charge in [-0.2, -0.15) is 0 Å². The van der Waals surface area contributed by atoms with Crippen LogP contribution in [0, 0.1) is 5.92 Å². The second kappa shape index (κ2) is 5.84. The minimum absolute atomic E-state index is 0.208. The van der Waals surface area contributed by atoms with Crippen LogP contribution in [-0.2, 0) is 9.59 Å². The number of hydrogen-bond donors (Lipinski definition) is 2. The van der Waals surface area contributed by atoms with Crippen LogP contribution >= 0.6 is 0 Å². The highest BCUT2D eigenvalue weighted by Gasteiger charge is 2.25. The molecule has 1 saturated heterocycles. The predicted molar refractivity (Wildman–Crippen MR) is 59.8 cm³/mol. The summed E-state index contributed by atoms with van der Waals surface area (Å²) in [7, 11) is 0. The standard InChI is InChI=1S/C11H20N2O3/c1-8(11(12)16)13-6-4-9(5-7-13)2-3-10(14)15/h8-9H,2-7H2,1H3,(H2,12,16)(H,14,15). The van der Waals surface area contributed by atoms with Crippen molar-refractivity contribution in [3.63, 3.8) is 0 Å². The molecule has 1 atom stereocenters. The zero-order chi connectivity index (χ0) is 12.1. The molecule has 1 aliphatic rings. The third kappa shape index (κ3) is 3.81. The highest BCUT2D eigenvalue weighted by molar-refractivity contribution is 5.79. The molecule has 1 unspecified atom stereocenters. The molecule has 1 heterocycles. The third-order valence-electron chi connectivity index (χ3n) is 3.38. The number of carboxylic acids is 1. The molecule has 0 aromatic heterocycles. The Morgan fingerprint density at radius 2 is 2.00 bits per heavy atom. The zero-order valence-electron chi connectivity index (χ0n) is 9.69. The van der Waals surface area contributed by atoms with E-state index in [2.05, 4.69) is 4.90 Å². The van der Waals surface area contributed by atoms with E-state index in [9.17, 15) is 9.59 Å². The van der Waals surface area contributed by atoms with Gasteiger partial charge in [0, 0.05) is 6.42 Å². The van der Waals surface area contributed by atoms with E-state index in [-0.39, 0.29) is 18.4 Å². The van der Waals surface area contributed by atoms with Crippen molar-refractivity contribution in [1.29, 1.82) is 0 Å². The van der Waals surface area contributed by atoms with E-state index < -0.39 is 5.97 Å². The molecule has 0 aromatic carbocycles. The molecular formula is C11H20N2O3. The van der Waals surface area contributed by atoms with Gasteiger partial charge in [0.15, 0.2) is 0 Å². The van der Waals surface area contributed by atoms with Crippen molar-refractivity contribution in [1.82, 2.24) is 4.90 Å². The third-order valence-corrected chi connectivity index (χ3v) is 3.38. The van der Waals surface area contributed by atoms with Gasteiger partial charge >= 0.3 is 5.97 Å². The van der Waals surface area contributed by atoms with Gasteiger partial charge in [0.2, 0.25) is 5.91 Å². The first-order chi connectivity index (χ1) is 7.50. The second-order valence-electron chi connectivity index (χ2n) is 4.49. The average molecular weight is 228 g/mol. The van der Waals surface area contributed by atoms with Gasteiger partial charge in [-0.1, -0.05) is 0 Å². The average Bonchev–Trinajstić information content (AvgIpc) is 2.26. The molecule has 5 nitrogen and oxygen atoms in total. The number of amides is 1. The summed E-state index contributed by atoms with van der Waals surface area (Å²) in [6.07, 6.45) is 2.92. The van der Waals surface area contributed by atoms with Gasteiger partial charge in [-0.15, -0.1) is 0 Å². The van der Waals surface area contributed by atoms with Crippen LogP contribution in [0.5, 0.6) is 0 Å². The topological polar surface area (TPSA) is 83.6 Å². The van der Waals surface area contributed by atoms with Gasteiger partial charge in [-0.05, 0) is 45.2 Å². The second-order valence-corrected chi connectivity index (χ2v) is 4.49. The van der Waals surface area contributed by atoms with Crippen LogP contribution in [0.25, 0.3) is 0 Å². The number of likely N-dealkylation sites (tertiary alicyclic amines) is 1. The van der Waals surface area contributed by atoms with E-state index in [4.69, 9.17) is 10.8 Å². The molecule has 0 radical (unpaired) electrons. The van der Waals surface area contributed by atoms with Crippen molar-refractivity contribution >= 4 is 11.9 Å². The Morgan fingerprint density at radius 3 is 2.44 bits per heavy atom. The van der Waals surface area contributed by atoms with Gasteiger partial charge in [0.05, 0.1) is 6.04 Å². The first-order valence-corrected chi connectivity index (χ1v) is 5.76. The predicted octanol–water partition coefficient (Wildman–Crippen LogP) is 0.437. The Morgan fingerprint density at radius 1 is 1.44 bits per heavy atom. The molecule has 0 aromatic rings. The number of carbonyl (C=O) groups excluding carboxylic acids is 1. The molecular weight excluding hydrogens is 208 g/mol. The molecule has 0 saturated carbocycles. The summed E-state index contributed by atoms with van der Waals surface area (Å²) in [5, 5.41) is 8.59. The molecule has 0 aliphatic carbocycles. The van der Waals surface area contributed by atoms with Gasteiger partial charge in [-0.25, -0.2) is 0 Å². The normalized spacial score (nSPS) is 20.6. The van der Waals surface area contributed by atoms with E-state index >= 15 is 0 Å². The van der Waals surface area contributed by atoms with E-state index in [1.807, 2.05) is 6.92 Å². The number of piperidine rings is 1. The van der Waals surface area contributed by atoms with Crippen molar-refractivity contribution in [3.8, 4) is 0 Å². The maximum absolute atomic E-state index is 11.0. The number of nitrogens with zero attached hydrogens (tertiary/aromatic N) is 1. The summed E-state index contributed by atoms with van der Waals surface area (Å²) in [6.45, 7) is 3.50. The zero-order valence-corrected chi connectivity index (χ0v) is 9.69. The molecule has 0 bridgehead atoms. The lowest BCUT2D eigenvalue weighted by Gasteiger charge is -2.34. The summed E-state index contributed by atoms with van der Waals surface area (Å²) < 4.78 is 0. The molecule has 16 heavy (non-hydrogen) atoms. The van der Waals surface area contributed by atoms with Crippen molar-refractivity contribution in [2.75, 3.05) is 13.1 Å². The van der Waals surface area contributed by atoms with Crippen LogP contribution in [0.4, 0.5) is 0 Å². The molecule has 3 N–H and O–H groups in total. The Bertz CT molecular complexity index is 260. The monoisotopic (exact) mass is 228 g/mol. The highest BCUT2D eigenvalue weighted by Crippen LogP contribution is 2.22. The fraction of sp³-hybridized carbons (Fsp3) is 0.818. The number of aliphatic carboxylic acids is 1. The van der Waals surface area contributed by atoms with Crippen LogP contribution in [-0.4, -0.2) is 41.0 Å². The SMILES string of the molecule is CC(C(N)=O)N1CCC(CCC(=O)O)CC1. The van der Waals surface area contributed by atoms with Gasteiger partial charge in [0.25, 0.3) is 0 Å². The number of hydrogen-bond acceptors (Lipinski definition) is 3. The van der Waals surface area contributed by atoms with Gasteiger partial charge in [0.1, 0.15) is 0 Å². The van der Waals surface area contributed by atoms with E-state index in [0.717, 1.165) is 32.4 Å². The number of carbonyl (C=O) groups is 2. The molecule has 5 heteroatoms. The molecule has 0 spiro atoms. The quantitative estimate of drug-likeness (QED) is 0.715. The fourth-order valence-electron chi connectivity index (χ4n) is 2.14. The van der Waals surface area contributed by atoms with Gasteiger partial charge < -0.3 is 10.8 Å². The molecule has 1 rings (SSSR count). The number of primary amides is 1. The van der Waals surface area contributed by atoms with Crippen molar-refractivity contribution in [2.24, 2.45) is 11.7 Å². The lowest BCUT2D eigenvalue weighted by Crippen LogP contribution is -2.46. The Kier molecular flexibility index (Phi) is 4.73. The first kappa shape index (κ1) is 13.0.